The molecule has 0 saturated carbocycles. The van der Waals surface area contributed by atoms with Gasteiger partial charge in [0.2, 0.25) is 0 Å². The van der Waals surface area contributed by atoms with Crippen LogP contribution < -0.4 is 10.5 Å². The summed E-state index contributed by atoms with van der Waals surface area (Å²) in [5.41, 5.74) is 7.06. The fourth-order valence-electron chi connectivity index (χ4n) is 2.44. The van der Waals surface area contributed by atoms with Crippen LogP contribution in [0.4, 0.5) is 13.2 Å². The Kier molecular flexibility index (Phi) is 3.14. The van der Waals surface area contributed by atoms with Gasteiger partial charge in [-0.05, 0) is 23.8 Å². The van der Waals surface area contributed by atoms with Crippen molar-refractivity contribution < 1.29 is 17.9 Å². The van der Waals surface area contributed by atoms with Gasteiger partial charge in [0, 0.05) is 30.2 Å². The number of benzene rings is 2. The van der Waals surface area contributed by atoms with Crippen LogP contribution in [0.25, 0.3) is 0 Å². The Labute approximate surface area is 114 Å². The zero-order valence-corrected chi connectivity index (χ0v) is 10.4. The smallest absolute Gasteiger partial charge is 0.127 e. The van der Waals surface area contributed by atoms with Crippen molar-refractivity contribution in [1.29, 1.82) is 0 Å². The summed E-state index contributed by atoms with van der Waals surface area (Å²) in [4.78, 5) is 0. The molecule has 1 unspecified atom stereocenters. The Bertz CT molecular complexity index is 639. The van der Waals surface area contributed by atoms with Gasteiger partial charge < -0.3 is 10.5 Å². The number of hydrogen-bond acceptors (Lipinski definition) is 2. The molecule has 2 atom stereocenters. The maximum atomic E-state index is 13.3. The van der Waals surface area contributed by atoms with Crippen molar-refractivity contribution in [1.82, 2.24) is 0 Å². The second kappa shape index (κ2) is 4.83. The predicted octanol–water partition coefficient (Wildman–Crippen LogP) is 3.63. The van der Waals surface area contributed by atoms with Gasteiger partial charge in [-0.2, -0.15) is 0 Å². The molecule has 2 nitrogen and oxygen atoms in total. The van der Waals surface area contributed by atoms with Crippen LogP contribution >= 0.6 is 0 Å². The average Bonchev–Trinajstić information content (AvgIpc) is 2.36. The largest absolute Gasteiger partial charge is 0.485 e. The Morgan fingerprint density at radius 3 is 2.35 bits per heavy atom. The number of fused-ring (bicyclic) bond motifs is 1. The molecule has 0 radical (unpaired) electrons. The molecule has 2 aromatic carbocycles. The zero-order valence-electron chi connectivity index (χ0n) is 10.4. The van der Waals surface area contributed by atoms with Gasteiger partial charge in [-0.1, -0.05) is 6.07 Å². The first-order valence-corrected chi connectivity index (χ1v) is 6.20. The number of ether oxygens (including phenoxy) is 1. The number of rotatable bonds is 1. The van der Waals surface area contributed by atoms with E-state index in [1.807, 2.05) is 0 Å². The highest BCUT2D eigenvalue weighted by molar-refractivity contribution is 5.39. The van der Waals surface area contributed by atoms with Crippen LogP contribution in [0.3, 0.4) is 0 Å². The van der Waals surface area contributed by atoms with Gasteiger partial charge in [0.15, 0.2) is 0 Å². The highest BCUT2D eigenvalue weighted by Gasteiger charge is 2.28. The van der Waals surface area contributed by atoms with Crippen LogP contribution in [0.5, 0.6) is 5.75 Å². The summed E-state index contributed by atoms with van der Waals surface area (Å²) < 4.78 is 45.4. The molecule has 1 aliphatic heterocycles. The molecule has 5 heteroatoms. The molecule has 1 heterocycles. The SMILES string of the molecule is N[C@H]1CC(c2cc(F)cc(F)c2)Oc2cc(F)ccc21. The minimum absolute atomic E-state index is 0.318. The van der Waals surface area contributed by atoms with Crippen molar-refractivity contribution in [3.05, 3.63) is 65.0 Å². The second-order valence-electron chi connectivity index (χ2n) is 4.83. The minimum atomic E-state index is -0.679. The molecular formula is C15H12F3NO. The van der Waals surface area contributed by atoms with Crippen LogP contribution in [0.2, 0.25) is 0 Å². The third-order valence-electron chi connectivity index (χ3n) is 3.37. The van der Waals surface area contributed by atoms with Crippen molar-refractivity contribution in [3.8, 4) is 5.75 Å². The van der Waals surface area contributed by atoms with E-state index in [0.717, 1.165) is 6.07 Å². The van der Waals surface area contributed by atoms with E-state index in [-0.39, 0.29) is 6.04 Å². The quantitative estimate of drug-likeness (QED) is 0.865. The van der Waals surface area contributed by atoms with E-state index >= 15 is 0 Å². The highest BCUT2D eigenvalue weighted by Crippen LogP contribution is 2.40. The van der Waals surface area contributed by atoms with Crippen molar-refractivity contribution >= 4 is 0 Å². The van der Waals surface area contributed by atoms with Crippen LogP contribution in [-0.2, 0) is 0 Å². The topological polar surface area (TPSA) is 35.2 Å². The molecule has 20 heavy (non-hydrogen) atoms. The molecule has 0 spiro atoms. The molecule has 3 rings (SSSR count). The van der Waals surface area contributed by atoms with Crippen molar-refractivity contribution in [2.45, 2.75) is 18.6 Å². The molecule has 0 amide bonds. The maximum Gasteiger partial charge on any atom is 0.127 e. The monoisotopic (exact) mass is 279 g/mol. The van der Waals surface area contributed by atoms with Gasteiger partial charge in [-0.25, -0.2) is 13.2 Å². The predicted molar refractivity (Wildman–Crippen MR) is 67.7 cm³/mol. The minimum Gasteiger partial charge on any atom is -0.485 e. The lowest BCUT2D eigenvalue weighted by Gasteiger charge is -2.30. The average molecular weight is 279 g/mol. The third kappa shape index (κ3) is 2.36. The fourth-order valence-corrected chi connectivity index (χ4v) is 2.44. The lowest BCUT2D eigenvalue weighted by atomic mass is 9.93. The molecule has 0 saturated heterocycles. The normalized spacial score (nSPS) is 21.2. The summed E-state index contributed by atoms with van der Waals surface area (Å²) in [5, 5.41) is 0. The second-order valence-corrected chi connectivity index (χ2v) is 4.83. The van der Waals surface area contributed by atoms with Crippen molar-refractivity contribution in [3.63, 3.8) is 0 Å². The lowest BCUT2D eigenvalue weighted by molar-refractivity contribution is 0.160. The summed E-state index contributed by atoms with van der Waals surface area (Å²) in [7, 11) is 0. The fraction of sp³-hybridized carbons (Fsp3) is 0.200. The van der Waals surface area contributed by atoms with E-state index in [1.165, 1.54) is 24.3 Å². The number of halogens is 3. The molecule has 2 N–H and O–H groups in total. The molecule has 0 fully saturated rings. The van der Waals surface area contributed by atoms with Crippen LogP contribution in [0, 0.1) is 17.5 Å². The van der Waals surface area contributed by atoms with Crippen LogP contribution in [-0.4, -0.2) is 0 Å². The van der Waals surface area contributed by atoms with E-state index in [1.54, 1.807) is 6.07 Å². The Morgan fingerprint density at radius 1 is 0.950 bits per heavy atom. The van der Waals surface area contributed by atoms with E-state index in [9.17, 15) is 13.2 Å². The van der Waals surface area contributed by atoms with Gasteiger partial charge in [-0.15, -0.1) is 0 Å². The van der Waals surface area contributed by atoms with Crippen LogP contribution in [0.15, 0.2) is 36.4 Å². The molecule has 104 valence electrons. The lowest BCUT2D eigenvalue weighted by Crippen LogP contribution is -2.24. The molecule has 1 aliphatic rings. The first kappa shape index (κ1) is 13.0. The summed E-state index contributed by atoms with van der Waals surface area (Å²) in [6.45, 7) is 0. The molecule has 0 aliphatic carbocycles. The molecule has 0 bridgehead atoms. The van der Waals surface area contributed by atoms with Crippen LogP contribution in [0.1, 0.15) is 29.7 Å². The van der Waals surface area contributed by atoms with Gasteiger partial charge in [-0.3, -0.25) is 0 Å². The van der Waals surface area contributed by atoms with Crippen molar-refractivity contribution in [2.24, 2.45) is 5.73 Å². The molecule has 0 aromatic heterocycles. The van der Waals surface area contributed by atoms with Gasteiger partial charge in [0.1, 0.15) is 29.3 Å². The van der Waals surface area contributed by atoms with Gasteiger partial charge in [0.05, 0.1) is 0 Å². The summed E-state index contributed by atoms with van der Waals surface area (Å²) in [5.74, 6) is -1.48. The summed E-state index contributed by atoms with van der Waals surface area (Å²) in [6.07, 6.45) is -0.217. The van der Waals surface area contributed by atoms with Crippen molar-refractivity contribution in [2.75, 3.05) is 0 Å². The van der Waals surface area contributed by atoms with E-state index in [0.29, 0.717) is 23.3 Å². The summed E-state index contributed by atoms with van der Waals surface area (Å²) in [6, 6.07) is 6.93. The van der Waals surface area contributed by atoms with E-state index in [2.05, 4.69) is 0 Å². The first-order chi connectivity index (χ1) is 9.52. The Morgan fingerprint density at radius 2 is 1.65 bits per heavy atom. The Balaban J connectivity index is 1.98. The first-order valence-electron chi connectivity index (χ1n) is 6.20. The third-order valence-corrected chi connectivity index (χ3v) is 3.37. The number of hydrogen-bond donors (Lipinski definition) is 1. The van der Waals surface area contributed by atoms with E-state index < -0.39 is 23.6 Å². The van der Waals surface area contributed by atoms with E-state index in [4.69, 9.17) is 10.5 Å². The summed E-state index contributed by atoms with van der Waals surface area (Å²) >= 11 is 0. The van der Waals surface area contributed by atoms with Gasteiger partial charge >= 0.3 is 0 Å². The molecular weight excluding hydrogens is 267 g/mol. The highest BCUT2D eigenvalue weighted by atomic mass is 19.1. The van der Waals surface area contributed by atoms with Gasteiger partial charge in [0.25, 0.3) is 0 Å². The number of nitrogens with two attached hydrogens (primary N) is 1. The molecule has 2 aromatic rings. The Hall–Kier alpha value is -2.01. The standard InChI is InChI=1S/C15H12F3NO/c16-9-1-2-12-13(19)7-14(20-15(12)6-9)8-3-10(17)5-11(18)4-8/h1-6,13-14H,7,19H2/t13-,14?/m0/s1. The zero-order chi connectivity index (χ0) is 14.3. The maximum absolute atomic E-state index is 13.3.